The van der Waals surface area contributed by atoms with E-state index in [1.165, 1.54) is 0 Å². The summed E-state index contributed by atoms with van der Waals surface area (Å²) in [7, 11) is 0. The smallest absolute Gasteiger partial charge is 0.342 e. The molecule has 19 heavy (non-hydrogen) atoms. The van der Waals surface area contributed by atoms with E-state index in [9.17, 15) is 9.59 Å². The Morgan fingerprint density at radius 2 is 2.05 bits per heavy atom. The van der Waals surface area contributed by atoms with E-state index in [2.05, 4.69) is 25.9 Å². The van der Waals surface area contributed by atoms with Gasteiger partial charge >= 0.3 is 5.97 Å². The zero-order chi connectivity index (χ0) is 13.8. The van der Waals surface area contributed by atoms with Crippen LogP contribution in [0, 0.1) is 0 Å². The van der Waals surface area contributed by atoms with E-state index < -0.39 is 11.5 Å². The van der Waals surface area contributed by atoms with Gasteiger partial charge in [0.2, 0.25) is 0 Å². The number of hydrogen-bond acceptors (Lipinski definition) is 3. The lowest BCUT2D eigenvalue weighted by Gasteiger charge is -1.98. The van der Waals surface area contributed by atoms with Gasteiger partial charge in [0.05, 0.1) is 0 Å². The molecule has 96 valence electrons. The summed E-state index contributed by atoms with van der Waals surface area (Å²) in [5.41, 5.74) is -0.125. The summed E-state index contributed by atoms with van der Waals surface area (Å²) in [5, 5.41) is 8.72. The number of aromatic carboxylic acids is 1. The summed E-state index contributed by atoms with van der Waals surface area (Å²) in [5.74, 6) is -0.999. The van der Waals surface area contributed by atoms with Crippen LogP contribution in [0.25, 0.3) is 12.2 Å². The van der Waals surface area contributed by atoms with Crippen LogP contribution in [-0.4, -0.2) is 21.0 Å². The summed E-state index contributed by atoms with van der Waals surface area (Å²) >= 11 is 3.39. The van der Waals surface area contributed by atoms with E-state index >= 15 is 0 Å². The van der Waals surface area contributed by atoms with E-state index in [-0.39, 0.29) is 5.56 Å². The van der Waals surface area contributed by atoms with Crippen molar-refractivity contribution in [2.24, 2.45) is 0 Å². The molecule has 0 bridgehead atoms. The molecule has 0 amide bonds. The van der Waals surface area contributed by atoms with Gasteiger partial charge in [-0.1, -0.05) is 40.2 Å². The van der Waals surface area contributed by atoms with Crippen molar-refractivity contribution < 1.29 is 9.90 Å². The number of aromatic nitrogens is 2. The molecule has 1 aromatic heterocycles. The van der Waals surface area contributed by atoms with E-state index in [1.807, 2.05) is 24.3 Å². The van der Waals surface area contributed by atoms with Crippen LogP contribution in [0.2, 0.25) is 0 Å². The second-order valence-corrected chi connectivity index (χ2v) is 4.53. The van der Waals surface area contributed by atoms with Crippen LogP contribution in [-0.2, 0) is 0 Å². The number of benzene rings is 1. The van der Waals surface area contributed by atoms with Crippen LogP contribution in [0.5, 0.6) is 0 Å². The minimum absolute atomic E-state index is 0.297. The lowest BCUT2D eigenvalue weighted by Crippen LogP contribution is -2.18. The summed E-state index contributed by atoms with van der Waals surface area (Å²) in [6, 6.07) is 7.56. The van der Waals surface area contributed by atoms with Gasteiger partial charge in [0.1, 0.15) is 11.4 Å². The average molecular weight is 321 g/mol. The highest BCUT2D eigenvalue weighted by atomic mass is 79.9. The maximum absolute atomic E-state index is 11.4. The highest BCUT2D eigenvalue weighted by Crippen LogP contribution is 2.17. The Morgan fingerprint density at radius 1 is 1.32 bits per heavy atom. The predicted octanol–water partition coefficient (Wildman–Crippen LogP) is 2.40. The van der Waals surface area contributed by atoms with Crippen molar-refractivity contribution in [1.29, 1.82) is 0 Å². The second kappa shape index (κ2) is 5.62. The number of carboxylic acid groups (broad SMARTS) is 1. The largest absolute Gasteiger partial charge is 0.477 e. The minimum Gasteiger partial charge on any atom is -0.477 e. The van der Waals surface area contributed by atoms with Crippen molar-refractivity contribution in [3.63, 3.8) is 0 Å². The molecule has 0 aliphatic heterocycles. The topological polar surface area (TPSA) is 83.0 Å². The monoisotopic (exact) mass is 320 g/mol. The molecule has 0 aliphatic rings. The fraction of sp³-hybridized carbons (Fsp3) is 0. The van der Waals surface area contributed by atoms with Crippen LogP contribution in [0.3, 0.4) is 0 Å². The molecule has 2 N–H and O–H groups in total. The van der Waals surface area contributed by atoms with Gasteiger partial charge in [-0.05, 0) is 17.7 Å². The number of H-pyrrole nitrogens is 1. The van der Waals surface area contributed by atoms with Crippen LogP contribution >= 0.6 is 15.9 Å². The van der Waals surface area contributed by atoms with Gasteiger partial charge in [-0.3, -0.25) is 4.79 Å². The summed E-state index contributed by atoms with van der Waals surface area (Å²) in [4.78, 5) is 28.4. The first-order valence-corrected chi connectivity index (χ1v) is 6.12. The molecule has 5 nitrogen and oxygen atoms in total. The molecule has 0 saturated carbocycles. The van der Waals surface area contributed by atoms with E-state index in [0.29, 0.717) is 5.82 Å². The van der Waals surface area contributed by atoms with Gasteiger partial charge in [0.25, 0.3) is 5.56 Å². The molecule has 0 spiro atoms. The zero-order valence-corrected chi connectivity index (χ0v) is 11.2. The average Bonchev–Trinajstić information content (AvgIpc) is 2.37. The molecule has 0 saturated heterocycles. The van der Waals surface area contributed by atoms with Crippen molar-refractivity contribution in [3.05, 3.63) is 62.2 Å². The Kier molecular flexibility index (Phi) is 3.91. The molecule has 0 atom stereocenters. The number of carbonyl (C=O) groups is 1. The van der Waals surface area contributed by atoms with E-state index in [1.54, 1.807) is 12.2 Å². The first-order valence-electron chi connectivity index (χ1n) is 5.33. The maximum Gasteiger partial charge on any atom is 0.342 e. The number of rotatable bonds is 3. The van der Waals surface area contributed by atoms with E-state index in [0.717, 1.165) is 16.2 Å². The molecular formula is C13H9BrN2O3. The number of halogens is 1. The van der Waals surface area contributed by atoms with Crippen LogP contribution < -0.4 is 5.56 Å². The molecule has 6 heteroatoms. The standard InChI is InChI=1S/C13H9BrN2O3/c14-10-4-2-1-3-8(10)5-6-11-15-7-9(13(18)19)12(17)16-11/h1-7H,(H,18,19)(H,15,16,17)/b6-5+. The van der Waals surface area contributed by atoms with Gasteiger partial charge in [-0.25, -0.2) is 9.78 Å². The van der Waals surface area contributed by atoms with Gasteiger partial charge in [-0.15, -0.1) is 0 Å². The molecule has 1 heterocycles. The molecule has 0 unspecified atom stereocenters. The van der Waals surface area contributed by atoms with Crippen molar-refractivity contribution >= 4 is 34.1 Å². The van der Waals surface area contributed by atoms with Gasteiger partial charge < -0.3 is 10.1 Å². The lowest BCUT2D eigenvalue weighted by molar-refractivity contribution is 0.0694. The van der Waals surface area contributed by atoms with Crippen molar-refractivity contribution in [2.45, 2.75) is 0 Å². The van der Waals surface area contributed by atoms with Gasteiger partial charge in [0.15, 0.2) is 0 Å². The maximum atomic E-state index is 11.4. The fourth-order valence-electron chi connectivity index (χ4n) is 1.42. The zero-order valence-electron chi connectivity index (χ0n) is 9.63. The fourth-order valence-corrected chi connectivity index (χ4v) is 1.84. The molecule has 2 aromatic rings. The highest BCUT2D eigenvalue weighted by molar-refractivity contribution is 9.10. The van der Waals surface area contributed by atoms with Crippen LogP contribution in [0.4, 0.5) is 0 Å². The highest BCUT2D eigenvalue weighted by Gasteiger charge is 2.08. The molecular weight excluding hydrogens is 312 g/mol. The normalized spacial score (nSPS) is 10.8. The summed E-state index contributed by atoms with van der Waals surface area (Å²) < 4.78 is 0.913. The van der Waals surface area contributed by atoms with Crippen LogP contribution in [0.15, 0.2) is 39.7 Å². The van der Waals surface area contributed by atoms with Gasteiger partial charge in [0, 0.05) is 10.7 Å². The minimum atomic E-state index is -1.30. The number of nitrogens with zero attached hydrogens (tertiary/aromatic N) is 1. The number of carboxylic acids is 1. The molecule has 0 aliphatic carbocycles. The number of nitrogens with one attached hydrogen (secondary N) is 1. The quantitative estimate of drug-likeness (QED) is 0.909. The van der Waals surface area contributed by atoms with Gasteiger partial charge in [-0.2, -0.15) is 0 Å². The summed E-state index contributed by atoms with van der Waals surface area (Å²) in [6.07, 6.45) is 4.41. The SMILES string of the molecule is O=C(O)c1cnc(/C=C/c2ccccc2Br)[nH]c1=O. The van der Waals surface area contributed by atoms with Crippen molar-refractivity contribution in [3.8, 4) is 0 Å². The Balaban J connectivity index is 2.30. The lowest BCUT2D eigenvalue weighted by atomic mass is 10.2. The molecule has 2 rings (SSSR count). The molecule has 1 aromatic carbocycles. The molecule has 0 fully saturated rings. The third kappa shape index (κ3) is 3.17. The Hall–Kier alpha value is -2.21. The van der Waals surface area contributed by atoms with Crippen molar-refractivity contribution in [1.82, 2.24) is 9.97 Å². The second-order valence-electron chi connectivity index (χ2n) is 3.67. The Bertz CT molecular complexity index is 707. The molecule has 0 radical (unpaired) electrons. The summed E-state index contributed by atoms with van der Waals surface area (Å²) in [6.45, 7) is 0. The number of aromatic amines is 1. The third-order valence-corrected chi connectivity index (χ3v) is 3.10. The first-order chi connectivity index (χ1) is 9.08. The van der Waals surface area contributed by atoms with Crippen LogP contribution in [0.1, 0.15) is 21.7 Å². The Morgan fingerprint density at radius 3 is 2.68 bits per heavy atom. The first kappa shape index (κ1) is 13.2. The Labute approximate surface area is 116 Å². The van der Waals surface area contributed by atoms with E-state index in [4.69, 9.17) is 5.11 Å². The van der Waals surface area contributed by atoms with Crippen molar-refractivity contribution in [2.75, 3.05) is 0 Å². The third-order valence-electron chi connectivity index (χ3n) is 2.38. The predicted molar refractivity (Wildman–Crippen MR) is 74.9 cm³/mol. The number of hydrogen-bond donors (Lipinski definition) is 2.